The molecule has 14 nitrogen and oxygen atoms in total. The Bertz CT molecular complexity index is 2130. The number of fused-ring (bicyclic) bond motifs is 3. The molecule has 4 aromatic heterocycles. The third-order valence-corrected chi connectivity index (χ3v) is 10.1. The Morgan fingerprint density at radius 1 is 1.20 bits per heavy atom. The molecule has 3 aliphatic carbocycles. The van der Waals surface area contributed by atoms with Gasteiger partial charge in [-0.2, -0.15) is 5.10 Å². The number of pyridine rings is 2. The van der Waals surface area contributed by atoms with Gasteiger partial charge in [0, 0.05) is 48.1 Å². The molecule has 6 heterocycles. The SMILES string of the molecule is [2H]C([2H])([2H])n1c(=O)n([C@@H]2CC[C@@]([2H])(NC(=O)OC)C2)c2cc(Nc3ccc4c(N5CC6(F)CC5C6)nn([C@@]5(C(N)=O)C[C@@H]5C)c4n3)ncc21. The van der Waals surface area contributed by atoms with Gasteiger partial charge in [0.1, 0.15) is 22.8 Å². The Labute approximate surface area is 262 Å². The number of aromatic nitrogens is 6. The summed E-state index contributed by atoms with van der Waals surface area (Å²) in [6.07, 6.45) is 2.44. The van der Waals surface area contributed by atoms with E-state index in [9.17, 15) is 18.8 Å². The summed E-state index contributed by atoms with van der Waals surface area (Å²) in [6.45, 7) is -0.686. The zero-order valence-electron chi connectivity index (χ0n) is 28.7. The molecule has 0 aromatic carbocycles. The van der Waals surface area contributed by atoms with E-state index in [2.05, 4.69) is 20.4 Å². The van der Waals surface area contributed by atoms with Gasteiger partial charge in [-0.05, 0) is 43.7 Å². The highest BCUT2D eigenvalue weighted by atomic mass is 19.1. The second kappa shape index (κ2) is 9.41. The second-order valence-corrected chi connectivity index (χ2v) is 12.8. The minimum absolute atomic E-state index is 0.0163. The number of hydrogen-bond acceptors (Lipinski definition) is 9. The molecule has 5 fully saturated rings. The van der Waals surface area contributed by atoms with Crippen LogP contribution in [0.1, 0.15) is 57.0 Å². The number of amides is 2. The number of alkyl halides is 1. The molecule has 2 saturated heterocycles. The summed E-state index contributed by atoms with van der Waals surface area (Å²) >= 11 is 0. The van der Waals surface area contributed by atoms with Crippen molar-refractivity contribution in [2.45, 2.75) is 74.8 Å². The van der Waals surface area contributed by atoms with Crippen molar-refractivity contribution in [1.82, 2.24) is 34.2 Å². The number of ether oxygens (including phenoxy) is 1. The molecule has 4 N–H and O–H groups in total. The number of nitrogens with two attached hydrogens (primary N) is 1. The number of rotatable bonds is 7. The summed E-state index contributed by atoms with van der Waals surface area (Å²) in [5.74, 6) is 0.509. The molecule has 15 heteroatoms. The topological polar surface area (TPSA) is 167 Å². The number of nitrogens with one attached hydrogen (secondary N) is 2. The third kappa shape index (κ3) is 4.05. The minimum atomic E-state index is -2.81. The smallest absolute Gasteiger partial charge is 0.407 e. The van der Waals surface area contributed by atoms with Crippen molar-refractivity contribution >= 4 is 51.5 Å². The van der Waals surface area contributed by atoms with Crippen LogP contribution in [0.25, 0.3) is 22.1 Å². The quantitative estimate of drug-likeness (QED) is 0.281. The number of carbonyl (C=O) groups excluding carboxylic acids is 2. The van der Waals surface area contributed by atoms with Crippen LogP contribution >= 0.6 is 0 Å². The van der Waals surface area contributed by atoms with Crippen LogP contribution in [0.3, 0.4) is 0 Å². The number of nitrogens with zero attached hydrogens (tertiary/aromatic N) is 7. The first-order chi connectivity index (χ1) is 23.1. The molecule has 2 bridgehead atoms. The Hall–Kier alpha value is -4.69. The molecule has 2 aliphatic heterocycles. The first kappa shape index (κ1) is 23.7. The molecule has 0 unspecified atom stereocenters. The predicted molar refractivity (Wildman–Crippen MR) is 163 cm³/mol. The van der Waals surface area contributed by atoms with Gasteiger partial charge in [0.15, 0.2) is 11.5 Å². The summed E-state index contributed by atoms with van der Waals surface area (Å²) < 4.78 is 56.0. The number of primary amides is 1. The molecule has 5 aliphatic rings. The van der Waals surface area contributed by atoms with Gasteiger partial charge in [0.2, 0.25) is 5.91 Å². The van der Waals surface area contributed by atoms with Crippen LogP contribution in [0.5, 0.6) is 0 Å². The molecule has 236 valence electrons. The first-order valence-electron chi connectivity index (χ1n) is 17.0. The third-order valence-electron chi connectivity index (χ3n) is 10.1. The molecule has 4 aromatic rings. The molecule has 0 spiro atoms. The summed E-state index contributed by atoms with van der Waals surface area (Å²) in [5.41, 5.74) is 3.54. The summed E-state index contributed by atoms with van der Waals surface area (Å²) in [7, 11) is 1.19. The number of aryl methyl sites for hydroxylation is 1. The average molecular weight is 623 g/mol. The molecule has 0 radical (unpaired) electrons. The molecular weight excluding hydrogens is 583 g/mol. The van der Waals surface area contributed by atoms with Crippen molar-refractivity contribution in [2.75, 3.05) is 23.9 Å². The highest BCUT2D eigenvalue weighted by molar-refractivity contribution is 5.94. The Morgan fingerprint density at radius 3 is 2.67 bits per heavy atom. The second-order valence-electron chi connectivity index (χ2n) is 12.8. The number of halogens is 1. The van der Waals surface area contributed by atoms with Crippen molar-refractivity contribution in [2.24, 2.45) is 18.6 Å². The lowest BCUT2D eigenvalue weighted by Gasteiger charge is -2.29. The average Bonchev–Trinajstić information content (AvgIpc) is 3.47. The fraction of sp³-hybridized carbons (Fsp3) is 0.533. The van der Waals surface area contributed by atoms with E-state index in [1.807, 2.05) is 11.8 Å². The van der Waals surface area contributed by atoms with Gasteiger partial charge in [0.25, 0.3) is 0 Å². The maximum Gasteiger partial charge on any atom is 0.407 e. The number of alkyl carbamates (subject to hydrolysis) is 1. The lowest BCUT2D eigenvalue weighted by molar-refractivity contribution is -0.123. The molecule has 9 rings (SSSR count). The highest BCUT2D eigenvalue weighted by Crippen LogP contribution is 2.54. The van der Waals surface area contributed by atoms with Crippen molar-refractivity contribution < 1.29 is 24.2 Å². The number of anilines is 3. The van der Waals surface area contributed by atoms with E-state index < -0.39 is 47.9 Å². The monoisotopic (exact) mass is 622 g/mol. The summed E-state index contributed by atoms with van der Waals surface area (Å²) in [5, 5.41) is 11.1. The van der Waals surface area contributed by atoms with E-state index in [0.717, 1.165) is 0 Å². The Kier molecular flexibility index (Phi) is 4.95. The first-order valence-corrected chi connectivity index (χ1v) is 15.0. The van der Waals surface area contributed by atoms with E-state index in [0.29, 0.717) is 52.9 Å². The summed E-state index contributed by atoms with van der Waals surface area (Å²) in [6, 6.07) is 3.04. The molecule has 4 atom stereocenters. The van der Waals surface area contributed by atoms with Crippen LogP contribution in [0.15, 0.2) is 29.2 Å². The number of imidazole rings is 1. The fourth-order valence-electron chi connectivity index (χ4n) is 7.54. The number of carbonyl (C=O) groups is 2. The Morgan fingerprint density at radius 2 is 2.00 bits per heavy atom. The molecule has 3 saturated carbocycles. The lowest BCUT2D eigenvalue weighted by Crippen LogP contribution is -2.37. The number of methoxy groups -OCH3 is 1. The van der Waals surface area contributed by atoms with Crippen molar-refractivity contribution in [3.05, 3.63) is 34.9 Å². The van der Waals surface area contributed by atoms with Crippen LogP contribution < -0.4 is 27.0 Å². The van der Waals surface area contributed by atoms with Crippen molar-refractivity contribution in [3.8, 4) is 0 Å². The zero-order valence-corrected chi connectivity index (χ0v) is 24.7. The molecule has 2 amide bonds. The minimum Gasteiger partial charge on any atom is -0.453 e. The van der Waals surface area contributed by atoms with E-state index in [4.69, 9.17) is 21.3 Å². The van der Waals surface area contributed by atoms with Gasteiger partial charge in [-0.1, -0.05) is 6.92 Å². The normalized spacial score (nSPS) is 33.3. The van der Waals surface area contributed by atoms with Crippen molar-refractivity contribution in [1.29, 1.82) is 0 Å². The standard InChI is InChI=1S/C30H35FN10O4/c1-15-10-30(15,26(32)42)41-24-19(25(37-41)39-14-29(31)11-18(39)12-29)6-7-22(36-24)35-23-9-20-21(13-33-23)38(2)28(44)40(20)17-5-4-16(8-17)34-27(43)45-3/h6-7,9,13,15-18H,4-5,8,10-12,14H2,1-3H3,(H2,32,42)(H,34,43)(H,33,35,36)/t15-,16+,17+,18?,29?,30-/m0/s1/i2D3,16D. The lowest BCUT2D eigenvalue weighted by atomic mass is 9.83. The fourth-order valence-corrected chi connectivity index (χ4v) is 7.54. The zero-order chi connectivity index (χ0) is 34.8. The maximum atomic E-state index is 14.9. The van der Waals surface area contributed by atoms with Gasteiger partial charge < -0.3 is 26.0 Å². The molecule has 45 heavy (non-hydrogen) atoms. The maximum absolute atomic E-state index is 14.9. The summed E-state index contributed by atoms with van der Waals surface area (Å²) in [4.78, 5) is 49.5. The number of hydrogen-bond donors (Lipinski definition) is 3. The Balaban J connectivity index is 1.19. The largest absolute Gasteiger partial charge is 0.453 e. The van der Waals surface area contributed by atoms with Crippen LogP contribution in [0, 0.1) is 5.92 Å². The van der Waals surface area contributed by atoms with Crippen LogP contribution in [-0.2, 0) is 22.0 Å². The van der Waals surface area contributed by atoms with Gasteiger partial charge in [-0.15, -0.1) is 0 Å². The van der Waals surface area contributed by atoms with Crippen molar-refractivity contribution in [3.63, 3.8) is 0 Å². The van der Waals surface area contributed by atoms with E-state index >= 15 is 0 Å². The van der Waals surface area contributed by atoms with Crippen LogP contribution in [0.4, 0.5) is 26.6 Å². The van der Waals surface area contributed by atoms with E-state index in [1.165, 1.54) is 23.9 Å². The van der Waals surface area contributed by atoms with Crippen LogP contribution in [0.2, 0.25) is 0 Å². The molecular formula is C30H35FN10O4. The van der Waals surface area contributed by atoms with E-state index in [-0.39, 0.29) is 48.2 Å². The predicted octanol–water partition coefficient (Wildman–Crippen LogP) is 2.58. The van der Waals surface area contributed by atoms with Gasteiger partial charge in [-0.3, -0.25) is 13.9 Å². The van der Waals surface area contributed by atoms with Crippen LogP contribution in [-0.4, -0.2) is 72.3 Å². The van der Waals surface area contributed by atoms with Gasteiger partial charge in [-0.25, -0.2) is 28.6 Å². The van der Waals surface area contributed by atoms with Gasteiger partial charge >= 0.3 is 11.8 Å². The van der Waals surface area contributed by atoms with Gasteiger partial charge in [0.05, 0.1) is 37.6 Å². The highest BCUT2D eigenvalue weighted by Gasteiger charge is 2.61. The van der Waals surface area contributed by atoms with E-state index in [1.54, 1.807) is 16.8 Å².